The number of fused-ring (bicyclic) bond motifs is 4. The van der Waals surface area contributed by atoms with Crippen LogP contribution in [0.15, 0.2) is 60.7 Å². The summed E-state index contributed by atoms with van der Waals surface area (Å²) in [6.45, 7) is 0. The van der Waals surface area contributed by atoms with E-state index in [1.165, 1.54) is 0 Å². The lowest BCUT2D eigenvalue weighted by Gasteiger charge is -2.13. The topological polar surface area (TPSA) is 20.7 Å². The summed E-state index contributed by atoms with van der Waals surface area (Å²) in [4.78, 5) is 3.51. The van der Waals surface area contributed by atoms with Gasteiger partial charge >= 0.3 is 0 Å². The molecule has 0 aliphatic carbocycles. The second-order valence-corrected chi connectivity index (χ2v) is 7.14. The number of benzene rings is 3. The number of aryl methyl sites for hydroxylation is 1. The Morgan fingerprint density at radius 3 is 2.20 bits per heavy atom. The number of aromatic nitrogens is 2. The van der Waals surface area contributed by atoms with Crippen molar-refractivity contribution in [3.8, 4) is 0 Å². The average Bonchev–Trinajstić information content (AvgIpc) is 2.65. The fourth-order valence-corrected chi connectivity index (χ4v) is 4.34. The van der Waals surface area contributed by atoms with Crippen molar-refractivity contribution in [2.75, 3.05) is 0 Å². The summed E-state index contributed by atoms with van der Waals surface area (Å²) in [6.07, 6.45) is 0. The molecular formula is C21H14N2S2. The van der Waals surface area contributed by atoms with Gasteiger partial charge in [-0.3, -0.25) is 0 Å². The first-order valence-electron chi connectivity index (χ1n) is 8.11. The van der Waals surface area contributed by atoms with Crippen LogP contribution in [0.25, 0.3) is 43.6 Å². The maximum Gasteiger partial charge on any atom is 0.0564 e. The zero-order valence-corrected chi connectivity index (χ0v) is 15.2. The molecule has 0 aliphatic heterocycles. The van der Waals surface area contributed by atoms with Crippen LogP contribution in [0.3, 0.4) is 0 Å². The number of hydrogen-bond acceptors (Lipinski definition) is 2. The highest BCUT2D eigenvalue weighted by Crippen LogP contribution is 2.30. The molecule has 1 N–H and O–H groups in total. The van der Waals surface area contributed by atoms with Crippen molar-refractivity contribution < 1.29 is 0 Å². The summed E-state index contributed by atoms with van der Waals surface area (Å²) in [6, 6.07) is 20.7. The van der Waals surface area contributed by atoms with Crippen LogP contribution in [-0.4, -0.2) is 9.55 Å². The van der Waals surface area contributed by atoms with Crippen molar-refractivity contribution in [3.63, 3.8) is 0 Å². The predicted molar refractivity (Wildman–Crippen MR) is 111 cm³/mol. The fraction of sp³-hybridized carbons (Fsp3) is 0.0476. The van der Waals surface area contributed by atoms with E-state index >= 15 is 0 Å². The van der Waals surface area contributed by atoms with E-state index in [1.54, 1.807) is 0 Å². The van der Waals surface area contributed by atoms with Gasteiger partial charge in [0.1, 0.15) is 0 Å². The van der Waals surface area contributed by atoms with E-state index in [4.69, 9.17) is 24.4 Å². The van der Waals surface area contributed by atoms with Gasteiger partial charge in [-0.05, 0) is 24.3 Å². The van der Waals surface area contributed by atoms with Crippen LogP contribution in [0, 0.1) is 9.02 Å². The number of pyridine rings is 2. The largest absolute Gasteiger partial charge is 0.354 e. The van der Waals surface area contributed by atoms with Crippen LogP contribution in [-0.2, 0) is 7.05 Å². The lowest BCUT2D eigenvalue weighted by Crippen LogP contribution is -1.97. The summed E-state index contributed by atoms with van der Waals surface area (Å²) in [5.74, 6) is 0. The Balaban J connectivity index is 2.09. The first-order valence-corrected chi connectivity index (χ1v) is 8.93. The van der Waals surface area contributed by atoms with Gasteiger partial charge in [0, 0.05) is 45.1 Å². The number of hydrogen-bond donors (Lipinski definition) is 1. The van der Waals surface area contributed by atoms with E-state index < -0.39 is 0 Å². The van der Waals surface area contributed by atoms with Gasteiger partial charge in [-0.2, -0.15) is 0 Å². The average molecular weight is 358 g/mol. The molecule has 0 atom stereocenters. The first kappa shape index (κ1) is 14.8. The van der Waals surface area contributed by atoms with Crippen LogP contribution >= 0.6 is 24.4 Å². The van der Waals surface area contributed by atoms with Crippen molar-refractivity contribution >= 4 is 68.0 Å². The van der Waals surface area contributed by atoms with Gasteiger partial charge in [-0.25, -0.2) is 0 Å². The minimum atomic E-state index is 0.880. The predicted octanol–water partition coefficient (Wildman–Crippen LogP) is 6.42. The number of rotatable bonds is 0. The summed E-state index contributed by atoms with van der Waals surface area (Å²) in [7, 11) is 2.08. The number of H-pyrrole nitrogens is 1. The maximum atomic E-state index is 5.79. The molecule has 0 amide bonds. The lowest BCUT2D eigenvalue weighted by molar-refractivity contribution is 1.00. The number of nitrogens with one attached hydrogen (secondary N) is 1. The summed E-state index contributed by atoms with van der Waals surface area (Å²) in [5.41, 5.74) is 4.31. The van der Waals surface area contributed by atoms with Gasteiger partial charge in [0.15, 0.2) is 0 Å². The highest BCUT2D eigenvalue weighted by Gasteiger charge is 2.09. The third-order valence-electron chi connectivity index (χ3n) is 4.94. The number of nitrogens with zero attached hydrogens (tertiary/aromatic N) is 1. The molecule has 0 bridgehead atoms. The molecule has 0 aliphatic rings. The standard InChI is InChI=1S/C21H14N2S2/c1-23-18-9-5-3-7-13(18)21(25)15-10-17-14(11-19(15)23)20(24)12-6-2-4-8-16(12)22-17/h2-11H,1H3,(H,22,24). The Hall–Kier alpha value is -2.56. The molecule has 0 saturated heterocycles. The van der Waals surface area contributed by atoms with E-state index in [1.807, 2.05) is 24.3 Å². The van der Waals surface area contributed by atoms with Crippen molar-refractivity contribution in [2.45, 2.75) is 0 Å². The Morgan fingerprint density at radius 2 is 1.36 bits per heavy atom. The van der Waals surface area contributed by atoms with Crippen LogP contribution in [0.4, 0.5) is 0 Å². The number of aromatic amines is 1. The van der Waals surface area contributed by atoms with Crippen LogP contribution in [0.1, 0.15) is 0 Å². The molecule has 0 saturated carbocycles. The van der Waals surface area contributed by atoms with Crippen LogP contribution < -0.4 is 0 Å². The quantitative estimate of drug-likeness (QED) is 0.254. The zero-order chi connectivity index (χ0) is 17.1. The first-order chi connectivity index (χ1) is 12.1. The molecule has 5 rings (SSSR count). The minimum absolute atomic E-state index is 0.880. The Kier molecular flexibility index (Phi) is 3.08. The highest BCUT2D eigenvalue weighted by atomic mass is 32.1. The third-order valence-corrected chi connectivity index (χ3v) is 5.82. The van der Waals surface area contributed by atoms with Crippen LogP contribution in [0.5, 0.6) is 0 Å². The van der Waals surface area contributed by atoms with Gasteiger partial charge in [-0.15, -0.1) is 0 Å². The van der Waals surface area contributed by atoms with Crippen molar-refractivity contribution in [3.05, 3.63) is 69.7 Å². The molecule has 2 heterocycles. The molecule has 2 nitrogen and oxygen atoms in total. The summed E-state index contributed by atoms with van der Waals surface area (Å²) in [5, 5.41) is 4.31. The molecule has 0 unspecified atom stereocenters. The SMILES string of the molecule is Cn1c2ccccc2c(=S)c2cc3[nH]c4ccccc4c(=S)c3cc21. The molecule has 5 aromatic rings. The second kappa shape index (κ2) is 5.22. The summed E-state index contributed by atoms with van der Waals surface area (Å²) < 4.78 is 3.97. The van der Waals surface area contributed by atoms with Gasteiger partial charge in [-0.1, -0.05) is 60.8 Å². The molecule has 0 fully saturated rings. The van der Waals surface area contributed by atoms with Gasteiger partial charge < -0.3 is 9.55 Å². The number of para-hydroxylation sites is 2. The molecule has 2 aromatic heterocycles. The zero-order valence-electron chi connectivity index (χ0n) is 13.5. The van der Waals surface area contributed by atoms with E-state index in [2.05, 4.69) is 53.0 Å². The minimum Gasteiger partial charge on any atom is -0.354 e. The molecular weight excluding hydrogens is 344 g/mol. The highest BCUT2D eigenvalue weighted by molar-refractivity contribution is 7.72. The molecule has 25 heavy (non-hydrogen) atoms. The Labute approximate surface area is 154 Å². The van der Waals surface area contributed by atoms with Gasteiger partial charge in [0.25, 0.3) is 0 Å². The molecule has 4 heteroatoms. The van der Waals surface area contributed by atoms with E-state index in [0.29, 0.717) is 0 Å². The molecule has 3 aromatic carbocycles. The summed E-state index contributed by atoms with van der Waals surface area (Å²) >= 11 is 11.6. The van der Waals surface area contributed by atoms with Gasteiger partial charge in [0.2, 0.25) is 0 Å². The van der Waals surface area contributed by atoms with Gasteiger partial charge in [0.05, 0.1) is 14.5 Å². The van der Waals surface area contributed by atoms with Crippen LogP contribution in [0.2, 0.25) is 0 Å². The Morgan fingerprint density at radius 1 is 0.680 bits per heavy atom. The monoisotopic (exact) mass is 358 g/mol. The maximum absolute atomic E-state index is 5.79. The third kappa shape index (κ3) is 2.01. The normalized spacial score (nSPS) is 11.7. The van der Waals surface area contributed by atoms with Crippen molar-refractivity contribution in [2.24, 2.45) is 7.05 Å². The Bertz CT molecular complexity index is 1440. The van der Waals surface area contributed by atoms with Crippen molar-refractivity contribution in [1.82, 2.24) is 9.55 Å². The molecule has 0 radical (unpaired) electrons. The fourth-order valence-electron chi connectivity index (χ4n) is 3.65. The van der Waals surface area contributed by atoms with E-state index in [0.717, 1.165) is 52.6 Å². The smallest absolute Gasteiger partial charge is 0.0564 e. The lowest BCUT2D eigenvalue weighted by atomic mass is 10.1. The molecule has 0 spiro atoms. The van der Waals surface area contributed by atoms with E-state index in [-0.39, 0.29) is 0 Å². The van der Waals surface area contributed by atoms with Crippen molar-refractivity contribution in [1.29, 1.82) is 0 Å². The molecule has 120 valence electrons. The second-order valence-electron chi connectivity index (χ2n) is 6.32. The van der Waals surface area contributed by atoms with E-state index in [9.17, 15) is 0 Å².